The zero-order chi connectivity index (χ0) is 13.5. The smallest absolute Gasteiger partial charge is 0.310 e. The first kappa shape index (κ1) is 14.3. The van der Waals surface area contributed by atoms with Gasteiger partial charge in [-0.25, -0.2) is 0 Å². The van der Waals surface area contributed by atoms with Crippen LogP contribution in [0.3, 0.4) is 0 Å². The summed E-state index contributed by atoms with van der Waals surface area (Å²) < 4.78 is 4.90. The molecule has 0 aromatic heterocycles. The number of halogens is 1. The van der Waals surface area contributed by atoms with Gasteiger partial charge >= 0.3 is 5.97 Å². The van der Waals surface area contributed by atoms with Gasteiger partial charge in [-0.2, -0.15) is 5.26 Å². The Balaban J connectivity index is 2.66. The van der Waals surface area contributed by atoms with Gasteiger partial charge in [-0.3, -0.25) is 4.79 Å². The van der Waals surface area contributed by atoms with Crippen molar-refractivity contribution in [2.75, 3.05) is 18.5 Å². The molecule has 0 aliphatic rings. The minimum Gasteiger partial charge on any atom is -0.466 e. The van der Waals surface area contributed by atoms with Gasteiger partial charge in [-0.1, -0.05) is 18.5 Å². The molecule has 1 aromatic rings. The van der Waals surface area contributed by atoms with E-state index in [1.54, 1.807) is 32.0 Å². The van der Waals surface area contributed by atoms with E-state index in [1.165, 1.54) is 0 Å². The maximum absolute atomic E-state index is 11.4. The van der Waals surface area contributed by atoms with Crippen LogP contribution in [0.25, 0.3) is 0 Å². The molecule has 0 radical (unpaired) electrons. The number of hydrogen-bond acceptors (Lipinski definition) is 4. The van der Waals surface area contributed by atoms with Crippen LogP contribution in [-0.4, -0.2) is 19.1 Å². The van der Waals surface area contributed by atoms with Crippen LogP contribution in [0.2, 0.25) is 5.02 Å². The van der Waals surface area contributed by atoms with Crippen LogP contribution < -0.4 is 5.32 Å². The van der Waals surface area contributed by atoms with Gasteiger partial charge in [0.15, 0.2) is 0 Å². The lowest BCUT2D eigenvalue weighted by Crippen LogP contribution is -2.22. The van der Waals surface area contributed by atoms with Crippen molar-refractivity contribution in [3.05, 3.63) is 28.8 Å². The first-order valence-electron chi connectivity index (χ1n) is 5.68. The van der Waals surface area contributed by atoms with E-state index in [0.717, 1.165) is 0 Å². The first-order chi connectivity index (χ1) is 8.58. The number of benzene rings is 1. The van der Waals surface area contributed by atoms with Crippen molar-refractivity contribution in [3.8, 4) is 6.07 Å². The quantitative estimate of drug-likeness (QED) is 0.833. The normalized spacial score (nSPS) is 11.4. The third-order valence-corrected chi connectivity index (χ3v) is 2.62. The Hall–Kier alpha value is -1.73. The molecule has 18 heavy (non-hydrogen) atoms. The van der Waals surface area contributed by atoms with Crippen LogP contribution >= 0.6 is 11.6 Å². The van der Waals surface area contributed by atoms with E-state index < -0.39 is 0 Å². The third kappa shape index (κ3) is 3.94. The van der Waals surface area contributed by atoms with Crippen LogP contribution in [0.4, 0.5) is 5.69 Å². The highest BCUT2D eigenvalue weighted by molar-refractivity contribution is 6.30. The molecule has 0 saturated heterocycles. The number of carbonyl (C=O) groups is 1. The Morgan fingerprint density at radius 1 is 1.61 bits per heavy atom. The number of rotatable bonds is 5. The zero-order valence-corrected chi connectivity index (χ0v) is 11.1. The molecule has 96 valence electrons. The molecule has 0 aliphatic carbocycles. The Labute approximate surface area is 112 Å². The van der Waals surface area contributed by atoms with Crippen molar-refractivity contribution >= 4 is 23.3 Å². The highest BCUT2D eigenvalue weighted by atomic mass is 35.5. The van der Waals surface area contributed by atoms with Crippen molar-refractivity contribution in [1.82, 2.24) is 0 Å². The predicted molar refractivity (Wildman–Crippen MR) is 70.5 cm³/mol. The zero-order valence-electron chi connectivity index (χ0n) is 10.4. The molecule has 0 fully saturated rings. The Bertz CT molecular complexity index is 469. The molecule has 4 nitrogen and oxygen atoms in total. The van der Waals surface area contributed by atoms with Gasteiger partial charge < -0.3 is 10.1 Å². The van der Waals surface area contributed by atoms with Crippen LogP contribution in [0.5, 0.6) is 0 Å². The molecule has 1 aromatic carbocycles. The molecule has 1 N–H and O–H groups in total. The molecule has 1 atom stereocenters. The van der Waals surface area contributed by atoms with Gasteiger partial charge in [0.2, 0.25) is 0 Å². The first-order valence-corrected chi connectivity index (χ1v) is 6.06. The maximum atomic E-state index is 11.4. The van der Waals surface area contributed by atoms with E-state index >= 15 is 0 Å². The SMILES string of the molecule is CCOC(=O)C(C)CNc1cc(Cl)ccc1C#N. The third-order valence-electron chi connectivity index (χ3n) is 2.39. The van der Waals surface area contributed by atoms with Crippen molar-refractivity contribution in [3.63, 3.8) is 0 Å². The van der Waals surface area contributed by atoms with Gasteiger partial charge in [-0.15, -0.1) is 0 Å². The van der Waals surface area contributed by atoms with Crippen molar-refractivity contribution in [2.45, 2.75) is 13.8 Å². The summed E-state index contributed by atoms with van der Waals surface area (Å²) in [6.07, 6.45) is 0. The maximum Gasteiger partial charge on any atom is 0.310 e. The topological polar surface area (TPSA) is 62.1 Å². The van der Waals surface area contributed by atoms with Gasteiger partial charge in [-0.05, 0) is 25.1 Å². The molecule has 0 heterocycles. The van der Waals surface area contributed by atoms with E-state index in [4.69, 9.17) is 21.6 Å². The lowest BCUT2D eigenvalue weighted by Gasteiger charge is -2.13. The lowest BCUT2D eigenvalue weighted by molar-refractivity contribution is -0.146. The van der Waals surface area contributed by atoms with Crippen LogP contribution in [0, 0.1) is 17.2 Å². The number of anilines is 1. The minimum atomic E-state index is -0.282. The monoisotopic (exact) mass is 266 g/mol. The van der Waals surface area contributed by atoms with Crippen molar-refractivity contribution in [2.24, 2.45) is 5.92 Å². The molecule has 1 unspecified atom stereocenters. The summed E-state index contributed by atoms with van der Waals surface area (Å²) in [4.78, 5) is 11.4. The molecular formula is C13H15ClN2O2. The molecule has 0 saturated carbocycles. The lowest BCUT2D eigenvalue weighted by atomic mass is 10.1. The van der Waals surface area contributed by atoms with Crippen molar-refractivity contribution in [1.29, 1.82) is 5.26 Å². The molecule has 1 rings (SSSR count). The highest BCUT2D eigenvalue weighted by Crippen LogP contribution is 2.20. The van der Waals surface area contributed by atoms with Crippen LogP contribution in [0.15, 0.2) is 18.2 Å². The molecule has 5 heteroatoms. The van der Waals surface area contributed by atoms with Crippen LogP contribution in [0.1, 0.15) is 19.4 Å². The van der Waals surface area contributed by atoms with E-state index in [-0.39, 0.29) is 11.9 Å². The second-order valence-corrected chi connectivity index (χ2v) is 4.27. The average Bonchev–Trinajstić information content (AvgIpc) is 2.36. The Morgan fingerprint density at radius 2 is 2.33 bits per heavy atom. The second-order valence-electron chi connectivity index (χ2n) is 3.84. The average molecular weight is 267 g/mol. The number of nitrogens with one attached hydrogen (secondary N) is 1. The summed E-state index contributed by atoms with van der Waals surface area (Å²) in [6, 6.07) is 7.02. The summed E-state index contributed by atoms with van der Waals surface area (Å²) in [7, 11) is 0. The second kappa shape index (κ2) is 6.87. The van der Waals surface area contributed by atoms with E-state index in [9.17, 15) is 4.79 Å². The van der Waals surface area contributed by atoms with E-state index in [1.807, 2.05) is 0 Å². The van der Waals surface area contributed by atoms with E-state index in [0.29, 0.717) is 29.4 Å². The van der Waals surface area contributed by atoms with E-state index in [2.05, 4.69) is 11.4 Å². The molecule has 0 spiro atoms. The standard InChI is InChI=1S/C13H15ClN2O2/c1-3-18-13(17)9(2)8-16-12-6-11(14)5-4-10(12)7-15/h4-6,9,16H,3,8H2,1-2H3. The molecule has 0 amide bonds. The fourth-order valence-corrected chi connectivity index (χ4v) is 1.56. The van der Waals surface area contributed by atoms with Crippen molar-refractivity contribution < 1.29 is 9.53 Å². The summed E-state index contributed by atoms with van der Waals surface area (Å²) in [5.41, 5.74) is 1.12. The minimum absolute atomic E-state index is 0.259. The summed E-state index contributed by atoms with van der Waals surface area (Å²) in [6.45, 7) is 4.29. The predicted octanol–water partition coefficient (Wildman–Crippen LogP) is 2.82. The Morgan fingerprint density at radius 3 is 2.94 bits per heavy atom. The Kier molecular flexibility index (Phi) is 5.47. The van der Waals surface area contributed by atoms with Gasteiger partial charge in [0, 0.05) is 11.6 Å². The number of nitriles is 1. The fraction of sp³-hybridized carbons (Fsp3) is 0.385. The highest BCUT2D eigenvalue weighted by Gasteiger charge is 2.14. The molecular weight excluding hydrogens is 252 g/mol. The number of carbonyl (C=O) groups excluding carboxylic acids is 1. The number of hydrogen-bond donors (Lipinski definition) is 1. The molecule has 0 aliphatic heterocycles. The fourth-order valence-electron chi connectivity index (χ4n) is 1.39. The van der Waals surface area contributed by atoms with Gasteiger partial charge in [0.1, 0.15) is 6.07 Å². The molecule has 0 bridgehead atoms. The number of nitrogens with zero attached hydrogens (tertiary/aromatic N) is 1. The summed E-state index contributed by atoms with van der Waals surface area (Å²) >= 11 is 5.86. The number of ether oxygens (including phenoxy) is 1. The number of esters is 1. The van der Waals surface area contributed by atoms with Gasteiger partial charge in [0.05, 0.1) is 23.8 Å². The van der Waals surface area contributed by atoms with Crippen LogP contribution in [-0.2, 0) is 9.53 Å². The largest absolute Gasteiger partial charge is 0.466 e. The summed E-state index contributed by atoms with van der Waals surface area (Å²) in [5, 5.41) is 12.5. The van der Waals surface area contributed by atoms with Gasteiger partial charge in [0.25, 0.3) is 0 Å². The summed E-state index contributed by atoms with van der Waals surface area (Å²) in [5.74, 6) is -0.541.